The molecule has 0 spiro atoms. The molecule has 44 heavy (non-hydrogen) atoms. The van der Waals surface area contributed by atoms with E-state index < -0.39 is 11.7 Å². The Morgan fingerprint density at radius 3 is 2.25 bits per heavy atom. The number of hydrogen-bond acceptors (Lipinski definition) is 5. The predicted octanol–water partition coefficient (Wildman–Crippen LogP) is 8.70. The number of carbonyl (C=O) groups is 2. The van der Waals surface area contributed by atoms with Crippen molar-refractivity contribution in [2.45, 2.75) is 71.0 Å². The first-order valence-corrected chi connectivity index (χ1v) is 15.4. The van der Waals surface area contributed by atoms with Gasteiger partial charge in [-0.05, 0) is 112 Å². The Bertz CT molecular complexity index is 1520. The number of carbonyl (C=O) groups excluding carboxylic acids is 2. The SMILES string of the molecule is CC(C)(C)OC(=O)N(CCc1ccccn1)c1ccc(NC(=O)c2ccccc2-c2ccc(OC3CCCCC3)cc2)cc1. The van der Waals surface area contributed by atoms with E-state index in [4.69, 9.17) is 9.47 Å². The van der Waals surface area contributed by atoms with Crippen LogP contribution in [0.4, 0.5) is 16.2 Å². The molecule has 1 aliphatic rings. The standard InChI is InChI=1S/C37H41N3O4/c1-37(2,3)44-36(42)40(26-24-28-11-9-10-25-38-28)30-20-18-29(19-21-30)39-35(41)34-15-8-7-14-33(34)27-16-22-32(23-17-27)43-31-12-5-4-6-13-31/h7-11,14-23,25,31H,4-6,12-13,24,26H2,1-3H3,(H,39,41). The lowest BCUT2D eigenvalue weighted by atomic mass is 9.97. The maximum Gasteiger partial charge on any atom is 0.414 e. The quantitative estimate of drug-likeness (QED) is 0.211. The summed E-state index contributed by atoms with van der Waals surface area (Å²) in [6.07, 6.45) is 8.12. The Morgan fingerprint density at radius 1 is 0.864 bits per heavy atom. The van der Waals surface area contributed by atoms with Gasteiger partial charge >= 0.3 is 6.09 Å². The Morgan fingerprint density at radius 2 is 1.57 bits per heavy atom. The molecule has 0 radical (unpaired) electrons. The number of anilines is 2. The van der Waals surface area contributed by atoms with Gasteiger partial charge in [-0.2, -0.15) is 0 Å². The van der Waals surface area contributed by atoms with Crippen LogP contribution in [0.2, 0.25) is 0 Å². The highest BCUT2D eigenvalue weighted by Crippen LogP contribution is 2.29. The van der Waals surface area contributed by atoms with Gasteiger partial charge in [0.25, 0.3) is 5.91 Å². The minimum atomic E-state index is -0.635. The molecule has 1 saturated carbocycles. The molecular weight excluding hydrogens is 550 g/mol. The minimum absolute atomic E-state index is 0.213. The third-order valence-corrected chi connectivity index (χ3v) is 7.56. The molecule has 0 aliphatic heterocycles. The molecule has 3 aromatic carbocycles. The van der Waals surface area contributed by atoms with Crippen LogP contribution in [0.15, 0.2) is 97.2 Å². The summed E-state index contributed by atoms with van der Waals surface area (Å²) in [5, 5.41) is 3.02. The molecule has 0 atom stereocenters. The molecule has 5 rings (SSSR count). The van der Waals surface area contributed by atoms with E-state index in [1.54, 1.807) is 23.2 Å². The second-order valence-corrected chi connectivity index (χ2v) is 12.2. The summed E-state index contributed by atoms with van der Waals surface area (Å²) in [7, 11) is 0. The molecule has 1 aromatic heterocycles. The van der Waals surface area contributed by atoms with Gasteiger partial charge in [0, 0.05) is 41.8 Å². The van der Waals surface area contributed by atoms with Crippen molar-refractivity contribution in [3.05, 3.63) is 108 Å². The molecule has 2 amide bonds. The van der Waals surface area contributed by atoms with Gasteiger partial charge in [0.15, 0.2) is 0 Å². The molecule has 0 saturated heterocycles. The number of ether oxygens (including phenoxy) is 2. The number of nitrogens with one attached hydrogen (secondary N) is 1. The first kappa shape index (κ1) is 30.8. The first-order valence-electron chi connectivity index (χ1n) is 15.4. The molecule has 7 nitrogen and oxygen atoms in total. The Labute approximate surface area is 260 Å². The lowest BCUT2D eigenvalue weighted by Crippen LogP contribution is -2.38. The van der Waals surface area contributed by atoms with Crippen LogP contribution >= 0.6 is 0 Å². The van der Waals surface area contributed by atoms with Crippen molar-refractivity contribution in [3.63, 3.8) is 0 Å². The van der Waals surface area contributed by atoms with E-state index in [2.05, 4.69) is 10.3 Å². The highest BCUT2D eigenvalue weighted by Gasteiger charge is 2.24. The highest BCUT2D eigenvalue weighted by molar-refractivity contribution is 6.08. The number of hydrogen-bond donors (Lipinski definition) is 1. The fraction of sp³-hybridized carbons (Fsp3) is 0.324. The van der Waals surface area contributed by atoms with E-state index in [0.717, 1.165) is 35.4 Å². The molecular formula is C37H41N3O4. The summed E-state index contributed by atoms with van der Waals surface area (Å²) in [5.74, 6) is 0.651. The van der Waals surface area contributed by atoms with Crippen LogP contribution in [-0.4, -0.2) is 35.2 Å². The van der Waals surface area contributed by atoms with Gasteiger partial charge in [-0.3, -0.25) is 14.7 Å². The lowest BCUT2D eigenvalue weighted by molar-refractivity contribution is 0.0580. The van der Waals surface area contributed by atoms with Gasteiger partial charge in [0.1, 0.15) is 11.4 Å². The van der Waals surface area contributed by atoms with Crippen molar-refractivity contribution in [1.29, 1.82) is 0 Å². The zero-order valence-electron chi connectivity index (χ0n) is 25.8. The van der Waals surface area contributed by atoms with Crippen molar-refractivity contribution in [1.82, 2.24) is 4.98 Å². The van der Waals surface area contributed by atoms with E-state index in [9.17, 15) is 9.59 Å². The van der Waals surface area contributed by atoms with Gasteiger partial charge in [-0.15, -0.1) is 0 Å². The maximum absolute atomic E-state index is 13.5. The lowest BCUT2D eigenvalue weighted by Gasteiger charge is -2.27. The molecule has 7 heteroatoms. The van der Waals surface area contributed by atoms with E-state index >= 15 is 0 Å². The summed E-state index contributed by atoms with van der Waals surface area (Å²) in [4.78, 5) is 32.6. The monoisotopic (exact) mass is 591 g/mol. The van der Waals surface area contributed by atoms with Crippen molar-refractivity contribution >= 4 is 23.4 Å². The second-order valence-electron chi connectivity index (χ2n) is 12.2. The largest absolute Gasteiger partial charge is 0.490 e. The molecule has 228 valence electrons. The van der Waals surface area contributed by atoms with Gasteiger partial charge in [0.05, 0.1) is 6.10 Å². The number of pyridine rings is 1. The van der Waals surface area contributed by atoms with E-state index in [1.807, 2.05) is 99.6 Å². The zero-order valence-corrected chi connectivity index (χ0v) is 25.8. The number of rotatable bonds is 9. The second kappa shape index (κ2) is 14.2. The summed E-state index contributed by atoms with van der Waals surface area (Å²) in [6, 6.07) is 28.5. The molecule has 0 bridgehead atoms. The van der Waals surface area contributed by atoms with Crippen LogP contribution in [-0.2, 0) is 11.2 Å². The fourth-order valence-electron chi connectivity index (χ4n) is 5.36. The van der Waals surface area contributed by atoms with Crippen LogP contribution in [0.25, 0.3) is 11.1 Å². The molecule has 4 aromatic rings. The highest BCUT2D eigenvalue weighted by atomic mass is 16.6. The van der Waals surface area contributed by atoms with Gasteiger partial charge < -0.3 is 14.8 Å². The van der Waals surface area contributed by atoms with E-state index in [0.29, 0.717) is 29.9 Å². The number of benzene rings is 3. The van der Waals surface area contributed by atoms with Gasteiger partial charge in [-0.1, -0.05) is 42.8 Å². The van der Waals surface area contributed by atoms with E-state index in [-0.39, 0.29) is 12.0 Å². The van der Waals surface area contributed by atoms with E-state index in [1.165, 1.54) is 19.3 Å². The van der Waals surface area contributed by atoms with Crippen LogP contribution in [0.1, 0.15) is 68.9 Å². The Balaban J connectivity index is 1.28. The molecule has 1 fully saturated rings. The third kappa shape index (κ3) is 8.47. The maximum atomic E-state index is 13.5. The van der Waals surface area contributed by atoms with Crippen LogP contribution in [0.5, 0.6) is 5.75 Å². The zero-order chi connectivity index (χ0) is 30.9. The van der Waals surface area contributed by atoms with Gasteiger partial charge in [-0.25, -0.2) is 4.79 Å². The van der Waals surface area contributed by atoms with Crippen LogP contribution < -0.4 is 15.0 Å². The van der Waals surface area contributed by atoms with Crippen molar-refractivity contribution < 1.29 is 19.1 Å². The van der Waals surface area contributed by atoms with Crippen LogP contribution in [0, 0.1) is 0 Å². The van der Waals surface area contributed by atoms with Crippen molar-refractivity contribution in [3.8, 4) is 16.9 Å². The summed E-state index contributed by atoms with van der Waals surface area (Å²) >= 11 is 0. The topological polar surface area (TPSA) is 80.8 Å². The van der Waals surface area contributed by atoms with Crippen molar-refractivity contribution in [2.75, 3.05) is 16.8 Å². The molecule has 1 N–H and O–H groups in total. The van der Waals surface area contributed by atoms with Crippen LogP contribution in [0.3, 0.4) is 0 Å². The fourth-order valence-corrected chi connectivity index (χ4v) is 5.36. The van der Waals surface area contributed by atoms with Gasteiger partial charge in [0.2, 0.25) is 0 Å². The summed E-state index contributed by atoms with van der Waals surface area (Å²) in [5.41, 5.74) is 3.91. The molecule has 0 unspecified atom stereocenters. The normalized spacial score (nSPS) is 13.6. The third-order valence-electron chi connectivity index (χ3n) is 7.56. The Kier molecular flexibility index (Phi) is 9.95. The average Bonchev–Trinajstić information content (AvgIpc) is 3.02. The predicted molar refractivity (Wildman–Crippen MR) is 175 cm³/mol. The molecule has 1 heterocycles. The smallest absolute Gasteiger partial charge is 0.414 e. The number of aromatic nitrogens is 1. The minimum Gasteiger partial charge on any atom is -0.490 e. The number of nitrogens with zero attached hydrogens (tertiary/aromatic N) is 2. The molecule has 1 aliphatic carbocycles. The van der Waals surface area contributed by atoms with Crippen molar-refractivity contribution in [2.24, 2.45) is 0 Å². The first-order chi connectivity index (χ1) is 21.2. The summed E-state index contributed by atoms with van der Waals surface area (Å²) in [6.45, 7) is 5.93. The number of amides is 2. The summed E-state index contributed by atoms with van der Waals surface area (Å²) < 4.78 is 11.9. The Hall–Kier alpha value is -4.65. The average molecular weight is 592 g/mol.